The molecule has 1 saturated heterocycles. The summed E-state index contributed by atoms with van der Waals surface area (Å²) in [5.41, 5.74) is -0.283. The second-order valence-corrected chi connectivity index (χ2v) is 9.48. The number of ether oxygens (including phenoxy) is 1. The van der Waals surface area contributed by atoms with Crippen LogP contribution >= 0.6 is 11.8 Å². The molecule has 2 heterocycles. The number of carboxylic acid groups (broad SMARTS) is 2. The number of aliphatic carboxylic acids is 2. The highest BCUT2D eigenvalue weighted by Gasteiger charge is 2.55. The number of carbonyl (C=O) groups excluding carboxylic acids is 3. The molecule has 2 unspecified atom stereocenters. The molecule has 1 aromatic rings. The summed E-state index contributed by atoms with van der Waals surface area (Å²) in [5.74, 6) is -6.68. The third-order valence-corrected chi connectivity index (χ3v) is 7.46. The average Bonchev–Trinajstić information content (AvgIpc) is 2.82. The van der Waals surface area contributed by atoms with Gasteiger partial charge in [-0.1, -0.05) is 36.8 Å². The van der Waals surface area contributed by atoms with Crippen LogP contribution in [-0.2, 0) is 28.7 Å². The minimum atomic E-state index is -1.52. The first-order chi connectivity index (χ1) is 16.3. The smallest absolute Gasteiger partial charge is 0.353 e. The molecule has 1 aromatic carbocycles. The summed E-state index contributed by atoms with van der Waals surface area (Å²) in [5, 5.41) is 21.0. The molecular weight excluding hydrogens is 464 g/mol. The lowest BCUT2D eigenvalue weighted by Gasteiger charge is -2.49. The summed E-state index contributed by atoms with van der Waals surface area (Å²) >= 11 is 1.12. The van der Waals surface area contributed by atoms with Crippen molar-refractivity contribution in [1.82, 2.24) is 10.2 Å². The van der Waals surface area contributed by atoms with Gasteiger partial charge in [0.05, 0.1) is 5.57 Å². The number of fused-ring (bicyclic) bond motifs is 1. The Morgan fingerprint density at radius 1 is 1.06 bits per heavy atom. The Balaban J connectivity index is 1.50. The van der Waals surface area contributed by atoms with Crippen LogP contribution in [0.3, 0.4) is 0 Å². The lowest BCUT2D eigenvalue weighted by atomic mass is 9.96. The number of carboxylic acids is 2. The van der Waals surface area contributed by atoms with Crippen molar-refractivity contribution in [2.45, 2.75) is 55.5 Å². The third-order valence-electron chi connectivity index (χ3n) is 6.18. The molecule has 1 saturated carbocycles. The van der Waals surface area contributed by atoms with Gasteiger partial charge in [0.15, 0.2) is 5.92 Å². The molecule has 0 aromatic heterocycles. The van der Waals surface area contributed by atoms with Crippen molar-refractivity contribution in [2.24, 2.45) is 0 Å². The van der Waals surface area contributed by atoms with E-state index in [4.69, 9.17) is 4.74 Å². The molecule has 4 rings (SSSR count). The molecule has 11 heteroatoms. The number of hydrogen-bond donors (Lipinski definition) is 3. The molecule has 0 spiro atoms. The molecule has 34 heavy (non-hydrogen) atoms. The quantitative estimate of drug-likeness (QED) is 0.294. The van der Waals surface area contributed by atoms with Crippen LogP contribution in [-0.4, -0.2) is 68.1 Å². The van der Waals surface area contributed by atoms with E-state index in [0.717, 1.165) is 48.8 Å². The van der Waals surface area contributed by atoms with Gasteiger partial charge in [-0.05, 0) is 31.2 Å². The monoisotopic (exact) mass is 488 g/mol. The Morgan fingerprint density at radius 3 is 2.35 bits per heavy atom. The lowest BCUT2D eigenvalue weighted by Crippen LogP contribution is -2.71. The summed E-state index contributed by atoms with van der Waals surface area (Å²) in [6.45, 7) is 0. The molecule has 2 fully saturated rings. The first-order valence-electron chi connectivity index (χ1n) is 11.0. The maximum Gasteiger partial charge on any atom is 0.353 e. The summed E-state index contributed by atoms with van der Waals surface area (Å²) in [6.07, 6.45) is 4.12. The van der Waals surface area contributed by atoms with Crippen LogP contribution in [0.2, 0.25) is 0 Å². The van der Waals surface area contributed by atoms with Gasteiger partial charge in [0.1, 0.15) is 23.2 Å². The summed E-state index contributed by atoms with van der Waals surface area (Å²) in [6, 6.07) is 6.78. The van der Waals surface area contributed by atoms with Gasteiger partial charge in [0.25, 0.3) is 5.91 Å². The number of rotatable bonds is 7. The lowest BCUT2D eigenvalue weighted by molar-refractivity contribution is -0.153. The largest absolute Gasteiger partial charge is 0.480 e. The molecule has 2 aliphatic heterocycles. The molecule has 2 amide bonds. The van der Waals surface area contributed by atoms with E-state index >= 15 is 0 Å². The van der Waals surface area contributed by atoms with Crippen LogP contribution in [0, 0.1) is 0 Å². The highest BCUT2D eigenvalue weighted by molar-refractivity contribution is 8.00. The second kappa shape index (κ2) is 9.88. The summed E-state index contributed by atoms with van der Waals surface area (Å²) in [7, 11) is 0. The van der Waals surface area contributed by atoms with Crippen molar-refractivity contribution < 1.29 is 38.9 Å². The van der Waals surface area contributed by atoms with Gasteiger partial charge in [-0.2, -0.15) is 0 Å². The minimum absolute atomic E-state index is 0.00491. The maximum absolute atomic E-state index is 12.8. The number of carbonyl (C=O) groups is 5. The zero-order chi connectivity index (χ0) is 24.4. The molecular formula is C23H24N2O8S. The van der Waals surface area contributed by atoms with Crippen molar-refractivity contribution in [3.63, 3.8) is 0 Å². The Kier molecular flexibility index (Phi) is 6.92. The van der Waals surface area contributed by atoms with Crippen LogP contribution in [0.25, 0.3) is 0 Å². The molecule has 10 nitrogen and oxygen atoms in total. The first kappa shape index (κ1) is 23.8. The van der Waals surface area contributed by atoms with Crippen molar-refractivity contribution in [2.75, 3.05) is 5.75 Å². The van der Waals surface area contributed by atoms with Gasteiger partial charge in [-0.15, -0.1) is 11.8 Å². The summed E-state index contributed by atoms with van der Waals surface area (Å²) < 4.78 is 5.51. The van der Waals surface area contributed by atoms with E-state index in [1.165, 1.54) is 12.1 Å². The fourth-order valence-corrected chi connectivity index (χ4v) is 5.80. The number of amides is 2. The van der Waals surface area contributed by atoms with E-state index in [-0.39, 0.29) is 23.0 Å². The van der Waals surface area contributed by atoms with Gasteiger partial charge in [-0.25, -0.2) is 9.59 Å². The standard InChI is InChI=1S/C23H24N2O8S/c26-18(15(21(28)29)12-7-3-1-4-8-12)24-16-19(27)25-17(22(30)31)14(11-34-20(16)25)23(32)33-13-9-5-2-6-10-13/h1,3-4,7-8,13,15-16,20H,2,5-6,9-11H2,(H,24,26)(H,28,29)(H,30,31)/t15?,16?,20-/m1/s1. The van der Waals surface area contributed by atoms with Crippen LogP contribution in [0.1, 0.15) is 43.6 Å². The number of hydrogen-bond acceptors (Lipinski definition) is 7. The van der Waals surface area contributed by atoms with E-state index in [0.29, 0.717) is 0 Å². The molecule has 0 bridgehead atoms. The first-order valence-corrected chi connectivity index (χ1v) is 12.0. The predicted molar refractivity (Wildman–Crippen MR) is 119 cm³/mol. The van der Waals surface area contributed by atoms with Crippen LogP contribution in [0.5, 0.6) is 0 Å². The topological polar surface area (TPSA) is 150 Å². The van der Waals surface area contributed by atoms with E-state index in [2.05, 4.69) is 5.32 Å². The highest BCUT2D eigenvalue weighted by atomic mass is 32.2. The maximum atomic E-state index is 12.8. The molecule has 180 valence electrons. The number of esters is 1. The molecule has 3 aliphatic rings. The van der Waals surface area contributed by atoms with Gasteiger partial charge in [0.2, 0.25) is 5.91 Å². The fourth-order valence-electron chi connectivity index (χ4n) is 4.47. The van der Waals surface area contributed by atoms with Crippen molar-refractivity contribution in [3.05, 3.63) is 47.2 Å². The second-order valence-electron chi connectivity index (χ2n) is 8.38. The van der Waals surface area contributed by atoms with E-state index in [1.807, 2.05) is 0 Å². The van der Waals surface area contributed by atoms with Gasteiger partial charge in [-0.3, -0.25) is 19.3 Å². The third kappa shape index (κ3) is 4.52. The molecule has 3 atom stereocenters. The van der Waals surface area contributed by atoms with E-state index in [1.54, 1.807) is 18.2 Å². The Morgan fingerprint density at radius 2 is 1.74 bits per heavy atom. The van der Waals surface area contributed by atoms with E-state index in [9.17, 15) is 34.2 Å². The SMILES string of the molecule is O=C(O)C1=C(C(=O)OC2CCCCC2)CS[C@@H]2C(NC(=O)C(C(=O)O)c3ccccc3)C(=O)N12. The normalized spacial score (nSPS) is 23.4. The van der Waals surface area contributed by atoms with Crippen LogP contribution in [0.15, 0.2) is 41.6 Å². The average molecular weight is 489 g/mol. The predicted octanol–water partition coefficient (Wildman–Crippen LogP) is 1.47. The Hall–Kier alpha value is -3.34. The number of thioether (sulfide) groups is 1. The number of β-lactam (4-membered cyclic amide) rings is 1. The molecule has 1 aliphatic carbocycles. The molecule has 0 radical (unpaired) electrons. The highest BCUT2D eigenvalue weighted by Crippen LogP contribution is 2.41. The minimum Gasteiger partial charge on any atom is -0.480 e. The Bertz CT molecular complexity index is 1050. The van der Waals surface area contributed by atoms with E-state index < -0.39 is 52.8 Å². The van der Waals surface area contributed by atoms with Crippen molar-refractivity contribution in [3.8, 4) is 0 Å². The van der Waals surface area contributed by atoms with Crippen LogP contribution < -0.4 is 5.32 Å². The number of benzene rings is 1. The zero-order valence-corrected chi connectivity index (χ0v) is 19.0. The van der Waals surface area contributed by atoms with Crippen molar-refractivity contribution >= 4 is 41.5 Å². The number of nitrogens with one attached hydrogen (secondary N) is 1. The fraction of sp³-hybridized carbons (Fsp3) is 0.435. The van der Waals surface area contributed by atoms with Crippen molar-refractivity contribution in [1.29, 1.82) is 0 Å². The van der Waals surface area contributed by atoms with Crippen LogP contribution in [0.4, 0.5) is 0 Å². The number of nitrogens with zero attached hydrogens (tertiary/aromatic N) is 1. The Labute approximate surface area is 199 Å². The molecule has 3 N–H and O–H groups in total. The van der Waals surface area contributed by atoms with Gasteiger partial charge < -0.3 is 20.3 Å². The summed E-state index contributed by atoms with van der Waals surface area (Å²) in [4.78, 5) is 63.0. The van der Waals surface area contributed by atoms with Gasteiger partial charge >= 0.3 is 17.9 Å². The van der Waals surface area contributed by atoms with Gasteiger partial charge in [0, 0.05) is 5.75 Å². The zero-order valence-electron chi connectivity index (χ0n) is 18.1.